The van der Waals surface area contributed by atoms with Crippen LogP contribution in [-0.4, -0.2) is 4.37 Å². The topological polar surface area (TPSA) is 38.9 Å². The summed E-state index contributed by atoms with van der Waals surface area (Å²) in [6.07, 6.45) is 0.939. The minimum Gasteiger partial charge on any atom is -0.320 e. The van der Waals surface area contributed by atoms with Crippen LogP contribution in [0.25, 0.3) is 0 Å². The van der Waals surface area contributed by atoms with E-state index < -0.39 is 0 Å². The number of nitrogens with zero attached hydrogens (tertiary/aromatic N) is 1. The summed E-state index contributed by atoms with van der Waals surface area (Å²) >= 11 is 1.47. The first-order valence-corrected chi connectivity index (χ1v) is 5.14. The van der Waals surface area contributed by atoms with Crippen LogP contribution in [0.2, 0.25) is 0 Å². The highest BCUT2D eigenvalue weighted by Crippen LogP contribution is 2.29. The maximum Gasteiger partial charge on any atom is 0.0743 e. The standard InChI is InChI=1S/C9H16N2S/c1-4-9(10,7(2)3)8-5-6-12-11-8/h5-7H,4,10H2,1-3H3. The summed E-state index contributed by atoms with van der Waals surface area (Å²) < 4.78 is 4.30. The second kappa shape index (κ2) is 3.54. The zero-order chi connectivity index (χ0) is 9.19. The lowest BCUT2D eigenvalue weighted by Gasteiger charge is -2.30. The van der Waals surface area contributed by atoms with Gasteiger partial charge in [0.25, 0.3) is 0 Å². The van der Waals surface area contributed by atoms with E-state index in [4.69, 9.17) is 5.73 Å². The second-order valence-electron chi connectivity index (χ2n) is 3.43. The zero-order valence-corrected chi connectivity index (χ0v) is 8.69. The van der Waals surface area contributed by atoms with E-state index >= 15 is 0 Å². The van der Waals surface area contributed by atoms with Gasteiger partial charge in [-0.05, 0) is 29.9 Å². The molecule has 1 unspecified atom stereocenters. The molecule has 0 aliphatic heterocycles. The molecular formula is C9H16N2S. The first-order valence-electron chi connectivity index (χ1n) is 4.31. The van der Waals surface area contributed by atoms with Crippen LogP contribution < -0.4 is 5.73 Å². The van der Waals surface area contributed by atoms with Crippen LogP contribution in [0, 0.1) is 5.92 Å². The molecule has 1 rings (SSSR count). The molecule has 0 bridgehead atoms. The third kappa shape index (κ3) is 1.52. The molecule has 3 heteroatoms. The summed E-state index contributed by atoms with van der Waals surface area (Å²) in [5.41, 5.74) is 7.05. The van der Waals surface area contributed by atoms with E-state index in [1.165, 1.54) is 11.5 Å². The summed E-state index contributed by atoms with van der Waals surface area (Å²) in [6.45, 7) is 6.39. The Hall–Kier alpha value is -0.410. The third-order valence-corrected chi connectivity index (χ3v) is 3.09. The van der Waals surface area contributed by atoms with Crippen molar-refractivity contribution in [3.63, 3.8) is 0 Å². The molecule has 0 fully saturated rings. The van der Waals surface area contributed by atoms with Crippen molar-refractivity contribution in [2.24, 2.45) is 11.7 Å². The Kier molecular flexibility index (Phi) is 2.85. The Morgan fingerprint density at radius 3 is 2.67 bits per heavy atom. The van der Waals surface area contributed by atoms with Gasteiger partial charge in [0.1, 0.15) is 0 Å². The van der Waals surface area contributed by atoms with E-state index in [-0.39, 0.29) is 5.54 Å². The monoisotopic (exact) mass is 184 g/mol. The third-order valence-electron chi connectivity index (χ3n) is 2.53. The van der Waals surface area contributed by atoms with Crippen molar-refractivity contribution >= 4 is 11.5 Å². The molecule has 1 aromatic heterocycles. The first-order chi connectivity index (χ1) is 5.61. The van der Waals surface area contributed by atoms with Crippen LogP contribution in [0.3, 0.4) is 0 Å². The molecule has 2 nitrogen and oxygen atoms in total. The smallest absolute Gasteiger partial charge is 0.0743 e. The Morgan fingerprint density at radius 1 is 1.67 bits per heavy atom. The minimum absolute atomic E-state index is 0.236. The summed E-state index contributed by atoms with van der Waals surface area (Å²) in [6, 6.07) is 2.02. The Bertz CT molecular complexity index is 231. The Morgan fingerprint density at radius 2 is 2.33 bits per heavy atom. The van der Waals surface area contributed by atoms with Gasteiger partial charge in [-0.1, -0.05) is 20.8 Å². The number of nitrogens with two attached hydrogens (primary N) is 1. The van der Waals surface area contributed by atoms with Crippen LogP contribution in [0.1, 0.15) is 32.9 Å². The predicted molar refractivity (Wildman–Crippen MR) is 53.1 cm³/mol. The van der Waals surface area contributed by atoms with Gasteiger partial charge in [0, 0.05) is 5.38 Å². The minimum atomic E-state index is -0.236. The quantitative estimate of drug-likeness (QED) is 0.783. The lowest BCUT2D eigenvalue weighted by atomic mass is 9.82. The Balaban J connectivity index is 2.96. The average Bonchev–Trinajstić information content (AvgIpc) is 2.54. The molecule has 1 atom stereocenters. The number of rotatable bonds is 3. The fourth-order valence-corrected chi connectivity index (χ4v) is 1.93. The van der Waals surface area contributed by atoms with E-state index in [2.05, 4.69) is 25.1 Å². The fraction of sp³-hybridized carbons (Fsp3) is 0.667. The van der Waals surface area contributed by atoms with Crippen molar-refractivity contribution in [2.45, 2.75) is 32.7 Å². The van der Waals surface area contributed by atoms with E-state index in [1.807, 2.05) is 11.4 Å². The van der Waals surface area contributed by atoms with Crippen LogP contribution in [0.4, 0.5) is 0 Å². The molecule has 0 aliphatic carbocycles. The normalized spacial score (nSPS) is 16.4. The molecule has 0 spiro atoms. The summed E-state index contributed by atoms with van der Waals surface area (Å²) in [5, 5.41) is 1.98. The largest absolute Gasteiger partial charge is 0.320 e. The molecule has 0 saturated carbocycles. The lowest BCUT2D eigenvalue weighted by Crippen LogP contribution is -2.41. The van der Waals surface area contributed by atoms with Gasteiger partial charge < -0.3 is 5.73 Å². The fourth-order valence-electron chi connectivity index (χ4n) is 1.34. The summed E-state index contributed by atoms with van der Waals surface area (Å²) in [4.78, 5) is 0. The van der Waals surface area contributed by atoms with Crippen molar-refractivity contribution < 1.29 is 0 Å². The van der Waals surface area contributed by atoms with E-state index in [0.29, 0.717) is 5.92 Å². The molecule has 68 valence electrons. The second-order valence-corrected chi connectivity index (χ2v) is 4.10. The maximum absolute atomic E-state index is 6.25. The van der Waals surface area contributed by atoms with E-state index in [9.17, 15) is 0 Å². The molecule has 0 saturated heterocycles. The van der Waals surface area contributed by atoms with Crippen molar-refractivity contribution in [2.75, 3.05) is 0 Å². The van der Waals surface area contributed by atoms with Crippen molar-refractivity contribution in [1.82, 2.24) is 4.37 Å². The number of hydrogen-bond donors (Lipinski definition) is 1. The predicted octanol–water partition coefficient (Wildman–Crippen LogP) is 2.36. The van der Waals surface area contributed by atoms with E-state index in [1.54, 1.807) is 0 Å². The van der Waals surface area contributed by atoms with Gasteiger partial charge in [-0.2, -0.15) is 4.37 Å². The number of hydrogen-bond acceptors (Lipinski definition) is 3. The van der Waals surface area contributed by atoms with Crippen molar-refractivity contribution in [1.29, 1.82) is 0 Å². The summed E-state index contributed by atoms with van der Waals surface area (Å²) in [7, 11) is 0. The van der Waals surface area contributed by atoms with Gasteiger partial charge in [0.2, 0.25) is 0 Å². The average molecular weight is 184 g/mol. The molecule has 1 aromatic rings. The van der Waals surface area contributed by atoms with Gasteiger partial charge in [0.05, 0.1) is 11.2 Å². The van der Waals surface area contributed by atoms with Crippen molar-refractivity contribution in [3.8, 4) is 0 Å². The van der Waals surface area contributed by atoms with Gasteiger partial charge >= 0.3 is 0 Å². The van der Waals surface area contributed by atoms with Crippen LogP contribution >= 0.6 is 11.5 Å². The highest BCUT2D eigenvalue weighted by atomic mass is 32.1. The SMILES string of the molecule is CCC(N)(c1ccsn1)C(C)C. The lowest BCUT2D eigenvalue weighted by molar-refractivity contribution is 0.299. The van der Waals surface area contributed by atoms with Crippen molar-refractivity contribution in [3.05, 3.63) is 17.1 Å². The molecule has 1 heterocycles. The van der Waals surface area contributed by atoms with E-state index in [0.717, 1.165) is 12.1 Å². The van der Waals surface area contributed by atoms with Gasteiger partial charge in [0.15, 0.2) is 0 Å². The van der Waals surface area contributed by atoms with Gasteiger partial charge in [-0.3, -0.25) is 0 Å². The summed E-state index contributed by atoms with van der Waals surface area (Å²) in [5.74, 6) is 0.435. The first kappa shape index (κ1) is 9.68. The molecule has 0 aromatic carbocycles. The zero-order valence-electron chi connectivity index (χ0n) is 7.87. The molecular weight excluding hydrogens is 168 g/mol. The number of aromatic nitrogens is 1. The molecule has 0 aliphatic rings. The molecule has 12 heavy (non-hydrogen) atoms. The Labute approximate surface area is 78.0 Å². The van der Waals surface area contributed by atoms with Gasteiger partial charge in [-0.15, -0.1) is 0 Å². The molecule has 2 N–H and O–H groups in total. The van der Waals surface area contributed by atoms with Crippen LogP contribution in [0.5, 0.6) is 0 Å². The molecule has 0 amide bonds. The van der Waals surface area contributed by atoms with Crippen LogP contribution in [-0.2, 0) is 5.54 Å². The maximum atomic E-state index is 6.25. The highest BCUT2D eigenvalue weighted by molar-refractivity contribution is 7.03. The van der Waals surface area contributed by atoms with Crippen LogP contribution in [0.15, 0.2) is 11.4 Å². The molecule has 0 radical (unpaired) electrons. The highest BCUT2D eigenvalue weighted by Gasteiger charge is 2.30. The van der Waals surface area contributed by atoms with Gasteiger partial charge in [-0.25, -0.2) is 0 Å².